The molecule has 3 heterocycles. The van der Waals surface area contributed by atoms with Gasteiger partial charge in [-0.1, -0.05) is 0 Å². The Kier molecular flexibility index (Phi) is 5.94. The predicted octanol–water partition coefficient (Wildman–Crippen LogP) is 1.37. The normalized spacial score (nSPS) is 17.2. The average Bonchev–Trinajstić information content (AvgIpc) is 3.56. The maximum Gasteiger partial charge on any atom is 0.329 e. The lowest BCUT2D eigenvalue weighted by Crippen LogP contribution is -2.47. The third-order valence-corrected chi connectivity index (χ3v) is 5.03. The van der Waals surface area contributed by atoms with E-state index in [4.69, 9.17) is 0 Å². The second kappa shape index (κ2) is 8.95. The number of hydrogen-bond acceptors (Lipinski definition) is 10. The maximum absolute atomic E-state index is 11.1. The molecule has 2 aliphatic rings. The third-order valence-electron chi connectivity index (χ3n) is 5.03. The van der Waals surface area contributed by atoms with E-state index < -0.39 is 4.92 Å². The highest BCUT2D eigenvalue weighted by Crippen LogP contribution is 2.29. The van der Waals surface area contributed by atoms with Crippen LogP contribution in [0, 0.1) is 10.1 Å². The average molecular weight is 399 g/mol. The first kappa shape index (κ1) is 19.2. The van der Waals surface area contributed by atoms with Crippen molar-refractivity contribution in [3.63, 3.8) is 0 Å². The fraction of sp³-hybridized carbons (Fsp3) is 0.556. The summed E-state index contributed by atoms with van der Waals surface area (Å²) in [6, 6.07) is 2.11. The molecule has 11 nitrogen and oxygen atoms in total. The van der Waals surface area contributed by atoms with Crippen LogP contribution in [-0.4, -0.2) is 75.1 Å². The van der Waals surface area contributed by atoms with Crippen LogP contribution < -0.4 is 15.5 Å². The number of nitrogens with zero attached hydrogens (tertiary/aromatic N) is 7. The van der Waals surface area contributed by atoms with E-state index in [1.807, 2.05) is 6.07 Å². The molecule has 2 fully saturated rings. The molecule has 11 heteroatoms. The summed E-state index contributed by atoms with van der Waals surface area (Å²) in [7, 11) is 0. The van der Waals surface area contributed by atoms with Gasteiger partial charge in [0.1, 0.15) is 6.20 Å². The van der Waals surface area contributed by atoms with Crippen molar-refractivity contribution in [2.45, 2.75) is 25.3 Å². The zero-order chi connectivity index (χ0) is 20.1. The minimum Gasteiger partial charge on any atom is -0.361 e. The van der Waals surface area contributed by atoms with Crippen LogP contribution >= 0.6 is 0 Å². The Labute approximate surface area is 168 Å². The number of piperazine rings is 1. The van der Waals surface area contributed by atoms with E-state index in [2.05, 4.69) is 40.4 Å². The van der Waals surface area contributed by atoms with E-state index in [1.165, 1.54) is 6.20 Å². The summed E-state index contributed by atoms with van der Waals surface area (Å²) in [5, 5.41) is 17.4. The number of aromatic nitrogens is 4. The van der Waals surface area contributed by atoms with Crippen molar-refractivity contribution in [3.05, 3.63) is 34.8 Å². The van der Waals surface area contributed by atoms with Crippen molar-refractivity contribution in [3.8, 4) is 0 Å². The van der Waals surface area contributed by atoms with Crippen molar-refractivity contribution in [1.82, 2.24) is 24.8 Å². The first-order valence-corrected chi connectivity index (χ1v) is 9.95. The standard InChI is InChI=1S/C18H25N9O2/c28-27(29)15-13-22-17(24-16(15)23-14-3-4-14)19-7-2-8-25-9-11-26(12-10-25)18-20-5-1-6-21-18/h1,5-6,13-14H,2-4,7-12H2,(H2,19,22,23,24). The molecule has 0 atom stereocenters. The SMILES string of the molecule is O=[N+]([O-])c1cnc(NCCCN2CCN(c3ncccn3)CC2)nc1NC1CC1. The summed E-state index contributed by atoms with van der Waals surface area (Å²) >= 11 is 0. The number of anilines is 3. The highest BCUT2D eigenvalue weighted by Gasteiger charge is 2.26. The molecule has 1 aliphatic carbocycles. The van der Waals surface area contributed by atoms with Gasteiger partial charge in [0, 0.05) is 51.2 Å². The molecular formula is C18H25N9O2. The Hall–Kier alpha value is -3.08. The highest BCUT2D eigenvalue weighted by molar-refractivity contribution is 5.58. The monoisotopic (exact) mass is 399 g/mol. The molecule has 4 rings (SSSR count). The largest absolute Gasteiger partial charge is 0.361 e. The van der Waals surface area contributed by atoms with Crippen LogP contribution in [-0.2, 0) is 0 Å². The Morgan fingerprint density at radius 2 is 1.90 bits per heavy atom. The fourth-order valence-electron chi connectivity index (χ4n) is 3.25. The Bertz CT molecular complexity index is 823. The van der Waals surface area contributed by atoms with Gasteiger partial charge in [-0.05, 0) is 31.9 Å². The molecule has 0 unspecified atom stereocenters. The van der Waals surface area contributed by atoms with Gasteiger partial charge in [0.05, 0.1) is 4.92 Å². The lowest BCUT2D eigenvalue weighted by atomic mass is 10.3. The molecule has 1 saturated heterocycles. The summed E-state index contributed by atoms with van der Waals surface area (Å²) in [6.45, 7) is 5.46. The van der Waals surface area contributed by atoms with Crippen molar-refractivity contribution in [2.24, 2.45) is 0 Å². The van der Waals surface area contributed by atoms with E-state index in [1.54, 1.807) is 12.4 Å². The second-order valence-electron chi connectivity index (χ2n) is 7.26. The molecule has 1 aliphatic heterocycles. The summed E-state index contributed by atoms with van der Waals surface area (Å²) in [6.07, 6.45) is 7.79. The summed E-state index contributed by atoms with van der Waals surface area (Å²) in [4.78, 5) is 32.3. The first-order valence-electron chi connectivity index (χ1n) is 9.95. The zero-order valence-corrected chi connectivity index (χ0v) is 16.2. The van der Waals surface area contributed by atoms with Gasteiger partial charge in [0.15, 0.2) is 0 Å². The van der Waals surface area contributed by atoms with E-state index in [0.29, 0.717) is 18.3 Å². The van der Waals surface area contributed by atoms with Crippen LogP contribution in [0.1, 0.15) is 19.3 Å². The summed E-state index contributed by atoms with van der Waals surface area (Å²) in [5.41, 5.74) is -0.0808. The van der Waals surface area contributed by atoms with Crippen molar-refractivity contribution >= 4 is 23.4 Å². The van der Waals surface area contributed by atoms with Crippen LogP contribution in [0.15, 0.2) is 24.7 Å². The van der Waals surface area contributed by atoms with Crippen LogP contribution in [0.4, 0.5) is 23.4 Å². The third kappa shape index (κ3) is 5.25. The van der Waals surface area contributed by atoms with Crippen LogP contribution in [0.25, 0.3) is 0 Å². The van der Waals surface area contributed by atoms with Gasteiger partial charge < -0.3 is 15.5 Å². The topological polar surface area (TPSA) is 125 Å². The minimum atomic E-state index is -0.450. The smallest absolute Gasteiger partial charge is 0.329 e. The molecule has 2 aromatic rings. The lowest BCUT2D eigenvalue weighted by Gasteiger charge is -2.34. The van der Waals surface area contributed by atoms with E-state index in [9.17, 15) is 10.1 Å². The van der Waals surface area contributed by atoms with E-state index in [-0.39, 0.29) is 11.7 Å². The molecule has 0 amide bonds. The number of rotatable bonds is 9. The number of nitro groups is 1. The molecule has 154 valence electrons. The zero-order valence-electron chi connectivity index (χ0n) is 16.2. The van der Waals surface area contributed by atoms with Gasteiger partial charge in [0.2, 0.25) is 17.7 Å². The van der Waals surface area contributed by atoms with Crippen molar-refractivity contribution in [1.29, 1.82) is 0 Å². The Morgan fingerprint density at radius 1 is 1.14 bits per heavy atom. The Balaban J connectivity index is 1.20. The molecule has 0 spiro atoms. The quantitative estimate of drug-likeness (QED) is 0.363. The molecule has 2 N–H and O–H groups in total. The molecule has 1 saturated carbocycles. The van der Waals surface area contributed by atoms with E-state index in [0.717, 1.165) is 57.9 Å². The molecule has 0 radical (unpaired) electrons. The Morgan fingerprint density at radius 3 is 2.59 bits per heavy atom. The predicted molar refractivity (Wildman–Crippen MR) is 109 cm³/mol. The van der Waals surface area contributed by atoms with Crippen LogP contribution in [0.5, 0.6) is 0 Å². The van der Waals surface area contributed by atoms with Crippen LogP contribution in [0.2, 0.25) is 0 Å². The van der Waals surface area contributed by atoms with Gasteiger partial charge in [-0.3, -0.25) is 15.0 Å². The fourth-order valence-corrected chi connectivity index (χ4v) is 3.25. The maximum atomic E-state index is 11.1. The van der Waals surface area contributed by atoms with Gasteiger partial charge >= 0.3 is 5.69 Å². The van der Waals surface area contributed by atoms with E-state index >= 15 is 0 Å². The number of hydrogen-bond donors (Lipinski definition) is 2. The molecule has 2 aromatic heterocycles. The highest BCUT2D eigenvalue weighted by atomic mass is 16.6. The lowest BCUT2D eigenvalue weighted by molar-refractivity contribution is -0.384. The molecule has 0 bridgehead atoms. The van der Waals surface area contributed by atoms with Gasteiger partial charge in [-0.15, -0.1) is 0 Å². The summed E-state index contributed by atoms with van der Waals surface area (Å²) in [5.74, 6) is 1.51. The molecule has 29 heavy (non-hydrogen) atoms. The van der Waals surface area contributed by atoms with Gasteiger partial charge in [-0.2, -0.15) is 4.98 Å². The van der Waals surface area contributed by atoms with Gasteiger partial charge in [-0.25, -0.2) is 15.0 Å². The summed E-state index contributed by atoms with van der Waals surface area (Å²) < 4.78 is 0. The number of nitrogens with one attached hydrogen (secondary N) is 2. The van der Waals surface area contributed by atoms with Crippen molar-refractivity contribution < 1.29 is 4.92 Å². The van der Waals surface area contributed by atoms with Crippen LogP contribution in [0.3, 0.4) is 0 Å². The molecule has 0 aromatic carbocycles. The second-order valence-corrected chi connectivity index (χ2v) is 7.26. The van der Waals surface area contributed by atoms with Crippen molar-refractivity contribution in [2.75, 3.05) is 54.8 Å². The molecular weight excluding hydrogens is 374 g/mol. The minimum absolute atomic E-state index is 0.0808. The first-order chi connectivity index (χ1) is 14.2. The van der Waals surface area contributed by atoms with Gasteiger partial charge in [0.25, 0.3) is 0 Å².